The van der Waals surface area contributed by atoms with Crippen LogP contribution in [0.4, 0.5) is 0 Å². The molecule has 1 fully saturated rings. The first kappa shape index (κ1) is 20.0. The maximum atomic E-state index is 13.5. The van der Waals surface area contributed by atoms with Gasteiger partial charge in [0.25, 0.3) is 0 Å². The van der Waals surface area contributed by atoms with Crippen molar-refractivity contribution in [1.29, 1.82) is 0 Å². The van der Waals surface area contributed by atoms with E-state index in [1.54, 1.807) is 6.92 Å². The molecule has 4 heteroatoms. The standard InChI is InChI=1S/C23H32O4/c1-13(12-27-15(3)24)18-14(2)20(25)19-16(21(18)26)8-9-17-22(4,5)10-7-11-23(17,19)6/h13,17H,7-12H2,1-6H3/t13?,17-,23-/m0/s1. The van der Waals surface area contributed by atoms with Crippen molar-refractivity contribution < 1.29 is 19.1 Å². The Balaban J connectivity index is 2.01. The summed E-state index contributed by atoms with van der Waals surface area (Å²) in [6.07, 6.45) is 4.89. The summed E-state index contributed by atoms with van der Waals surface area (Å²) in [5.74, 6) is -0.161. The molecule has 0 aliphatic heterocycles. The van der Waals surface area contributed by atoms with Crippen LogP contribution in [0.5, 0.6) is 0 Å². The number of Topliss-reactive ketones (excluding diaryl/α,β-unsaturated/α-hetero) is 2. The molecule has 27 heavy (non-hydrogen) atoms. The molecule has 0 spiro atoms. The molecule has 0 aromatic heterocycles. The number of allylic oxidation sites excluding steroid dienone is 3. The van der Waals surface area contributed by atoms with Gasteiger partial charge in [-0.05, 0) is 43.9 Å². The number of carbonyl (C=O) groups is 3. The van der Waals surface area contributed by atoms with Gasteiger partial charge in [-0.15, -0.1) is 0 Å². The molecular weight excluding hydrogens is 340 g/mol. The van der Waals surface area contributed by atoms with Crippen molar-refractivity contribution >= 4 is 17.5 Å². The van der Waals surface area contributed by atoms with Gasteiger partial charge in [0.2, 0.25) is 0 Å². The van der Waals surface area contributed by atoms with Crippen molar-refractivity contribution in [2.45, 2.75) is 73.6 Å². The predicted octanol–water partition coefficient (Wildman–Crippen LogP) is 4.58. The third kappa shape index (κ3) is 3.11. The van der Waals surface area contributed by atoms with E-state index < -0.39 is 0 Å². The van der Waals surface area contributed by atoms with Crippen LogP contribution in [-0.2, 0) is 19.1 Å². The molecule has 0 heterocycles. The van der Waals surface area contributed by atoms with Gasteiger partial charge in [-0.3, -0.25) is 14.4 Å². The number of rotatable bonds is 3. The minimum absolute atomic E-state index is 0.00445. The first-order valence-electron chi connectivity index (χ1n) is 10.2. The fraction of sp³-hybridized carbons (Fsp3) is 0.696. The topological polar surface area (TPSA) is 60.4 Å². The van der Waals surface area contributed by atoms with Crippen molar-refractivity contribution in [3.63, 3.8) is 0 Å². The van der Waals surface area contributed by atoms with Crippen LogP contribution in [0.1, 0.15) is 73.6 Å². The number of ketones is 2. The van der Waals surface area contributed by atoms with E-state index in [1.165, 1.54) is 13.3 Å². The Kier molecular flexibility index (Phi) is 4.98. The average Bonchev–Trinajstić information content (AvgIpc) is 2.56. The van der Waals surface area contributed by atoms with Gasteiger partial charge >= 0.3 is 5.97 Å². The van der Waals surface area contributed by atoms with Gasteiger partial charge in [-0.1, -0.05) is 34.1 Å². The zero-order valence-electron chi connectivity index (χ0n) is 17.5. The zero-order valence-corrected chi connectivity index (χ0v) is 17.5. The second-order valence-electron chi connectivity index (χ2n) is 9.60. The number of esters is 1. The Morgan fingerprint density at radius 1 is 1.19 bits per heavy atom. The maximum absolute atomic E-state index is 13.5. The number of hydrogen-bond donors (Lipinski definition) is 0. The molecule has 0 saturated heterocycles. The predicted molar refractivity (Wildman–Crippen MR) is 104 cm³/mol. The third-order valence-electron chi connectivity index (χ3n) is 7.31. The summed E-state index contributed by atoms with van der Waals surface area (Å²) in [4.78, 5) is 38.0. The fourth-order valence-electron chi connectivity index (χ4n) is 6.07. The van der Waals surface area contributed by atoms with E-state index >= 15 is 0 Å². The SMILES string of the molecule is CC(=O)OCC(C)C1=C(C)C(=O)C2=C(CC[C@H]3C(C)(C)CCC[C@]23C)C1=O. The molecule has 0 aromatic rings. The van der Waals surface area contributed by atoms with Crippen LogP contribution in [0.3, 0.4) is 0 Å². The lowest BCUT2D eigenvalue weighted by atomic mass is 9.48. The number of ether oxygens (including phenoxy) is 1. The van der Waals surface area contributed by atoms with Crippen molar-refractivity contribution in [2.24, 2.45) is 22.7 Å². The fourth-order valence-corrected chi connectivity index (χ4v) is 6.07. The van der Waals surface area contributed by atoms with Crippen LogP contribution < -0.4 is 0 Å². The maximum Gasteiger partial charge on any atom is 0.302 e. The Morgan fingerprint density at radius 2 is 1.85 bits per heavy atom. The molecule has 1 unspecified atom stereocenters. The van der Waals surface area contributed by atoms with Crippen molar-refractivity contribution in [3.8, 4) is 0 Å². The van der Waals surface area contributed by atoms with Gasteiger partial charge in [-0.25, -0.2) is 0 Å². The Bertz CT molecular complexity index is 767. The quantitative estimate of drug-likeness (QED) is 0.537. The highest BCUT2D eigenvalue weighted by Gasteiger charge is 2.54. The molecule has 0 radical (unpaired) electrons. The van der Waals surface area contributed by atoms with Crippen LogP contribution in [-0.4, -0.2) is 24.1 Å². The Hall–Kier alpha value is -1.71. The number of carbonyl (C=O) groups excluding carboxylic acids is 3. The van der Waals surface area contributed by atoms with E-state index in [-0.39, 0.29) is 40.9 Å². The molecule has 148 valence electrons. The molecule has 0 aromatic carbocycles. The van der Waals surface area contributed by atoms with Crippen molar-refractivity contribution in [2.75, 3.05) is 6.61 Å². The molecule has 3 aliphatic carbocycles. The molecule has 3 atom stereocenters. The summed E-state index contributed by atoms with van der Waals surface area (Å²) in [7, 11) is 0. The van der Waals surface area contributed by atoms with E-state index in [4.69, 9.17) is 4.74 Å². The van der Waals surface area contributed by atoms with Crippen LogP contribution >= 0.6 is 0 Å². The van der Waals surface area contributed by atoms with Gasteiger partial charge in [0.15, 0.2) is 11.6 Å². The molecule has 3 rings (SSSR count). The van der Waals surface area contributed by atoms with Crippen LogP contribution in [0.2, 0.25) is 0 Å². The Morgan fingerprint density at radius 3 is 2.48 bits per heavy atom. The van der Waals surface area contributed by atoms with Crippen LogP contribution in [0.25, 0.3) is 0 Å². The smallest absolute Gasteiger partial charge is 0.302 e. The summed E-state index contributed by atoms with van der Waals surface area (Å²) in [6.45, 7) is 11.9. The normalized spacial score (nSPS) is 31.4. The molecular formula is C23H32O4. The lowest BCUT2D eigenvalue weighted by Crippen LogP contribution is -2.49. The first-order valence-corrected chi connectivity index (χ1v) is 10.2. The molecule has 0 N–H and O–H groups in total. The van der Waals surface area contributed by atoms with Gasteiger partial charge in [0.05, 0.1) is 6.61 Å². The molecule has 0 amide bonds. The number of fused-ring (bicyclic) bond motifs is 2. The summed E-state index contributed by atoms with van der Waals surface area (Å²) in [5, 5.41) is 0. The molecule has 3 aliphatic rings. The van der Waals surface area contributed by atoms with E-state index in [2.05, 4.69) is 20.8 Å². The monoisotopic (exact) mass is 372 g/mol. The highest BCUT2D eigenvalue weighted by molar-refractivity contribution is 6.25. The first-order chi connectivity index (χ1) is 12.5. The summed E-state index contributed by atoms with van der Waals surface area (Å²) in [5.41, 5.74) is 2.58. The van der Waals surface area contributed by atoms with E-state index in [0.29, 0.717) is 23.5 Å². The molecule has 0 bridgehead atoms. The highest BCUT2D eigenvalue weighted by Crippen LogP contribution is 2.61. The average molecular weight is 373 g/mol. The molecule has 1 saturated carbocycles. The second-order valence-corrected chi connectivity index (χ2v) is 9.60. The summed E-state index contributed by atoms with van der Waals surface area (Å²) >= 11 is 0. The largest absolute Gasteiger partial charge is 0.465 e. The van der Waals surface area contributed by atoms with Gasteiger partial charge in [0, 0.05) is 40.5 Å². The van der Waals surface area contributed by atoms with Gasteiger partial charge < -0.3 is 4.74 Å². The Labute approximate surface area is 162 Å². The van der Waals surface area contributed by atoms with E-state index in [9.17, 15) is 14.4 Å². The van der Waals surface area contributed by atoms with E-state index in [1.807, 2.05) is 6.92 Å². The molecule has 4 nitrogen and oxygen atoms in total. The van der Waals surface area contributed by atoms with Gasteiger partial charge in [-0.2, -0.15) is 0 Å². The van der Waals surface area contributed by atoms with Crippen LogP contribution in [0.15, 0.2) is 22.3 Å². The number of hydrogen-bond acceptors (Lipinski definition) is 4. The zero-order chi connectivity index (χ0) is 20.1. The van der Waals surface area contributed by atoms with Crippen LogP contribution in [0, 0.1) is 22.7 Å². The lowest BCUT2D eigenvalue weighted by Gasteiger charge is -2.55. The lowest BCUT2D eigenvalue weighted by molar-refractivity contribution is -0.142. The summed E-state index contributed by atoms with van der Waals surface area (Å²) in [6, 6.07) is 0. The minimum atomic E-state index is -0.368. The van der Waals surface area contributed by atoms with Crippen molar-refractivity contribution in [3.05, 3.63) is 22.3 Å². The van der Waals surface area contributed by atoms with E-state index in [0.717, 1.165) is 30.4 Å². The minimum Gasteiger partial charge on any atom is -0.465 e. The van der Waals surface area contributed by atoms with Crippen molar-refractivity contribution in [1.82, 2.24) is 0 Å². The highest BCUT2D eigenvalue weighted by atomic mass is 16.5. The third-order valence-corrected chi connectivity index (χ3v) is 7.31. The second kappa shape index (κ2) is 6.72. The van der Waals surface area contributed by atoms with Gasteiger partial charge in [0.1, 0.15) is 0 Å². The summed E-state index contributed by atoms with van der Waals surface area (Å²) < 4.78 is 5.11.